The van der Waals surface area contributed by atoms with Crippen molar-refractivity contribution in [3.63, 3.8) is 0 Å². The van der Waals surface area contributed by atoms with Crippen molar-refractivity contribution in [1.29, 1.82) is 0 Å². The minimum atomic E-state index is -3.61. The second kappa shape index (κ2) is 8.93. The van der Waals surface area contributed by atoms with Crippen LogP contribution in [0.3, 0.4) is 0 Å². The molecule has 0 bridgehead atoms. The van der Waals surface area contributed by atoms with E-state index in [2.05, 4.69) is 25.0 Å². The summed E-state index contributed by atoms with van der Waals surface area (Å²) in [5, 5.41) is 4.71. The molecule has 1 aliphatic rings. The quantitative estimate of drug-likeness (QED) is 0.440. The predicted octanol–water partition coefficient (Wildman–Crippen LogP) is 2.52. The topological polar surface area (TPSA) is 117 Å². The molecule has 0 saturated carbocycles. The lowest BCUT2D eigenvalue weighted by Gasteiger charge is -2.32. The van der Waals surface area contributed by atoms with Crippen LogP contribution in [0.25, 0.3) is 22.4 Å². The first-order valence-electron chi connectivity index (χ1n) is 10.8. The summed E-state index contributed by atoms with van der Waals surface area (Å²) in [6, 6.07) is 11.1. The monoisotopic (exact) mass is 468 g/mol. The van der Waals surface area contributed by atoms with Gasteiger partial charge >= 0.3 is 0 Å². The van der Waals surface area contributed by atoms with Gasteiger partial charge in [0.15, 0.2) is 0 Å². The van der Waals surface area contributed by atoms with E-state index in [1.165, 1.54) is 10.5 Å². The molecule has 1 aromatic carbocycles. The van der Waals surface area contributed by atoms with Gasteiger partial charge in [0, 0.05) is 44.0 Å². The summed E-state index contributed by atoms with van der Waals surface area (Å²) in [7, 11) is -3.61. The molecule has 1 aliphatic heterocycles. The van der Waals surface area contributed by atoms with Crippen LogP contribution in [0.15, 0.2) is 58.2 Å². The average Bonchev–Trinajstić information content (AvgIpc) is 3.48. The van der Waals surface area contributed by atoms with E-state index in [4.69, 9.17) is 9.26 Å². The average molecular weight is 469 g/mol. The number of aromatic nitrogens is 4. The number of fused-ring (bicyclic) bond motifs is 1. The fourth-order valence-corrected chi connectivity index (χ4v) is 5.54. The van der Waals surface area contributed by atoms with Crippen LogP contribution < -0.4 is 4.74 Å². The number of hydrogen-bond acceptors (Lipinski definition) is 8. The Morgan fingerprint density at radius 1 is 1.12 bits per heavy atom. The smallest absolute Gasteiger partial charge is 0.245 e. The highest BCUT2D eigenvalue weighted by Gasteiger charge is 2.31. The van der Waals surface area contributed by atoms with Crippen molar-refractivity contribution in [2.24, 2.45) is 0 Å². The molecule has 4 aromatic rings. The third-order valence-corrected chi connectivity index (χ3v) is 7.56. The van der Waals surface area contributed by atoms with Crippen LogP contribution in [0.5, 0.6) is 5.75 Å². The number of para-hydroxylation sites is 1. The summed E-state index contributed by atoms with van der Waals surface area (Å²) in [5.74, 6) is 1.66. The SMILES string of the molecule is CCOc1ccccc1-c1noc(CN2CCN(S(=O)(=O)c3c[nH]c4ncccc34)CC2)n1. The first-order valence-corrected chi connectivity index (χ1v) is 12.2. The van der Waals surface area contributed by atoms with E-state index in [9.17, 15) is 8.42 Å². The zero-order valence-electron chi connectivity index (χ0n) is 18.1. The van der Waals surface area contributed by atoms with E-state index in [-0.39, 0.29) is 4.90 Å². The largest absolute Gasteiger partial charge is 0.493 e. The minimum Gasteiger partial charge on any atom is -0.493 e. The van der Waals surface area contributed by atoms with Crippen LogP contribution in [0.1, 0.15) is 12.8 Å². The summed E-state index contributed by atoms with van der Waals surface area (Å²) in [6.07, 6.45) is 3.14. The number of pyridine rings is 1. The molecule has 10 nitrogen and oxygen atoms in total. The van der Waals surface area contributed by atoms with E-state index in [0.717, 1.165) is 5.56 Å². The van der Waals surface area contributed by atoms with Gasteiger partial charge in [-0.25, -0.2) is 13.4 Å². The summed E-state index contributed by atoms with van der Waals surface area (Å²) in [5.41, 5.74) is 1.34. The number of nitrogens with one attached hydrogen (secondary N) is 1. The second-order valence-corrected chi connectivity index (χ2v) is 9.58. The van der Waals surface area contributed by atoms with Gasteiger partial charge in [0.1, 0.15) is 16.3 Å². The Kier molecular flexibility index (Phi) is 5.83. The van der Waals surface area contributed by atoms with Gasteiger partial charge in [-0.15, -0.1) is 0 Å². The van der Waals surface area contributed by atoms with Crippen LogP contribution in [0.4, 0.5) is 0 Å². The van der Waals surface area contributed by atoms with Crippen LogP contribution in [0, 0.1) is 0 Å². The Balaban J connectivity index is 1.25. The first kappa shape index (κ1) is 21.6. The molecule has 0 aliphatic carbocycles. The van der Waals surface area contributed by atoms with Gasteiger partial charge in [-0.2, -0.15) is 9.29 Å². The van der Waals surface area contributed by atoms with Crippen molar-refractivity contribution < 1.29 is 17.7 Å². The number of sulfonamides is 1. The number of hydrogen-bond donors (Lipinski definition) is 1. The van der Waals surface area contributed by atoms with Gasteiger partial charge in [0.25, 0.3) is 0 Å². The van der Waals surface area contributed by atoms with Crippen molar-refractivity contribution in [2.75, 3.05) is 32.8 Å². The molecular weight excluding hydrogens is 444 g/mol. The lowest BCUT2D eigenvalue weighted by atomic mass is 10.2. The normalized spacial score (nSPS) is 15.8. The number of H-pyrrole nitrogens is 1. The van der Waals surface area contributed by atoms with Crippen LogP contribution in [0.2, 0.25) is 0 Å². The summed E-state index contributed by atoms with van der Waals surface area (Å²) >= 11 is 0. The maximum atomic E-state index is 13.2. The number of ether oxygens (including phenoxy) is 1. The molecular formula is C22H24N6O4S. The second-order valence-electron chi connectivity index (χ2n) is 7.67. The Hall–Kier alpha value is -3.28. The van der Waals surface area contributed by atoms with Gasteiger partial charge in [-0.3, -0.25) is 4.90 Å². The lowest BCUT2D eigenvalue weighted by Crippen LogP contribution is -2.48. The lowest BCUT2D eigenvalue weighted by molar-refractivity contribution is 0.163. The van der Waals surface area contributed by atoms with E-state index < -0.39 is 10.0 Å². The molecule has 0 amide bonds. The first-order chi connectivity index (χ1) is 16.1. The Morgan fingerprint density at radius 2 is 1.94 bits per heavy atom. The molecule has 0 radical (unpaired) electrons. The standard InChI is InChI=1S/C22H24N6O4S/c1-2-31-18-8-4-3-6-16(18)22-25-20(32-26-22)15-27-10-12-28(13-11-27)33(29,30)19-14-24-21-17(19)7-5-9-23-21/h3-9,14H,2,10-13,15H2,1H3,(H,23,24). The van der Waals surface area contributed by atoms with Crippen LogP contribution >= 0.6 is 0 Å². The highest BCUT2D eigenvalue weighted by atomic mass is 32.2. The molecule has 1 saturated heterocycles. The number of aromatic amines is 1. The van der Waals surface area contributed by atoms with Gasteiger partial charge < -0.3 is 14.2 Å². The number of rotatable bonds is 7. The van der Waals surface area contributed by atoms with Crippen molar-refractivity contribution in [2.45, 2.75) is 18.4 Å². The molecule has 5 rings (SSSR count). The predicted molar refractivity (Wildman–Crippen MR) is 121 cm³/mol. The van der Waals surface area contributed by atoms with E-state index >= 15 is 0 Å². The van der Waals surface area contributed by atoms with E-state index in [1.807, 2.05) is 31.2 Å². The van der Waals surface area contributed by atoms with Crippen molar-refractivity contribution in [1.82, 2.24) is 29.3 Å². The molecule has 11 heteroatoms. The van der Waals surface area contributed by atoms with Gasteiger partial charge in [-0.1, -0.05) is 17.3 Å². The number of piperazine rings is 1. The van der Waals surface area contributed by atoms with Crippen LogP contribution in [-0.2, 0) is 16.6 Å². The Labute approximate surface area is 191 Å². The van der Waals surface area contributed by atoms with Gasteiger partial charge in [0.05, 0.1) is 18.7 Å². The maximum absolute atomic E-state index is 13.2. The van der Waals surface area contributed by atoms with Crippen molar-refractivity contribution in [3.05, 3.63) is 54.7 Å². The van der Waals surface area contributed by atoms with Crippen LogP contribution in [-0.4, -0.2) is 70.5 Å². The van der Waals surface area contributed by atoms with Gasteiger partial charge in [-0.05, 0) is 31.2 Å². The zero-order chi connectivity index (χ0) is 22.8. The third kappa shape index (κ3) is 4.22. The van der Waals surface area contributed by atoms with Crippen molar-refractivity contribution in [3.8, 4) is 17.1 Å². The molecule has 0 spiro atoms. The summed E-state index contributed by atoms with van der Waals surface area (Å²) in [6.45, 7) is 4.80. The Morgan fingerprint density at radius 3 is 2.76 bits per heavy atom. The fourth-order valence-electron chi connectivity index (χ4n) is 3.96. The summed E-state index contributed by atoms with van der Waals surface area (Å²) < 4.78 is 39.0. The van der Waals surface area contributed by atoms with Gasteiger partial charge in [0.2, 0.25) is 21.7 Å². The molecule has 3 aromatic heterocycles. The maximum Gasteiger partial charge on any atom is 0.245 e. The highest BCUT2D eigenvalue weighted by Crippen LogP contribution is 2.28. The minimum absolute atomic E-state index is 0.258. The number of nitrogens with zero attached hydrogens (tertiary/aromatic N) is 5. The Bertz CT molecular complexity index is 1360. The molecule has 172 valence electrons. The molecule has 4 heterocycles. The number of benzene rings is 1. The molecule has 33 heavy (non-hydrogen) atoms. The summed E-state index contributed by atoms with van der Waals surface area (Å²) in [4.78, 5) is 14.0. The van der Waals surface area contributed by atoms with E-state index in [1.54, 1.807) is 18.3 Å². The molecule has 0 unspecified atom stereocenters. The zero-order valence-corrected chi connectivity index (χ0v) is 19.0. The van der Waals surface area contributed by atoms with Crippen molar-refractivity contribution >= 4 is 21.1 Å². The third-order valence-electron chi connectivity index (χ3n) is 5.62. The molecule has 1 fully saturated rings. The molecule has 0 atom stereocenters. The fraction of sp³-hybridized carbons (Fsp3) is 0.318. The highest BCUT2D eigenvalue weighted by molar-refractivity contribution is 7.89. The van der Waals surface area contributed by atoms with E-state index in [0.29, 0.717) is 67.8 Å². The molecule has 1 N–H and O–H groups in total.